The van der Waals surface area contributed by atoms with Crippen LogP contribution in [0.25, 0.3) is 0 Å². The molecule has 1 amide bonds. The van der Waals surface area contributed by atoms with Crippen molar-refractivity contribution in [3.8, 4) is 0 Å². The third-order valence-corrected chi connectivity index (χ3v) is 4.61. The van der Waals surface area contributed by atoms with E-state index in [0.717, 1.165) is 30.9 Å². The SMILES string of the molecule is Cn1cc(C(=O)N2CCCN(Cc3ccccc3)c3ccccc32)nn1. The predicted molar refractivity (Wildman–Crippen MR) is 101 cm³/mol. The van der Waals surface area contributed by atoms with Crippen LogP contribution in [0.15, 0.2) is 60.8 Å². The minimum atomic E-state index is -0.105. The Morgan fingerprint density at radius 3 is 2.46 bits per heavy atom. The molecule has 0 saturated carbocycles. The lowest BCUT2D eigenvalue weighted by Gasteiger charge is -2.26. The Hall–Kier alpha value is -3.15. The van der Waals surface area contributed by atoms with E-state index in [-0.39, 0.29) is 5.91 Å². The highest BCUT2D eigenvalue weighted by molar-refractivity contribution is 6.06. The van der Waals surface area contributed by atoms with Crippen LogP contribution in [0, 0.1) is 0 Å². The van der Waals surface area contributed by atoms with Gasteiger partial charge in [-0.3, -0.25) is 9.48 Å². The number of rotatable bonds is 3. The Bertz CT molecular complexity index is 905. The first-order chi connectivity index (χ1) is 12.7. The van der Waals surface area contributed by atoms with Crippen molar-refractivity contribution in [2.75, 3.05) is 22.9 Å². The monoisotopic (exact) mass is 347 g/mol. The van der Waals surface area contributed by atoms with Crippen LogP contribution in [0.2, 0.25) is 0 Å². The summed E-state index contributed by atoms with van der Waals surface area (Å²) in [6.07, 6.45) is 2.56. The zero-order valence-corrected chi connectivity index (χ0v) is 14.7. The topological polar surface area (TPSA) is 54.3 Å². The van der Waals surface area contributed by atoms with Crippen molar-refractivity contribution in [1.82, 2.24) is 15.0 Å². The van der Waals surface area contributed by atoms with Crippen molar-refractivity contribution in [1.29, 1.82) is 0 Å². The number of fused-ring (bicyclic) bond motifs is 1. The van der Waals surface area contributed by atoms with Crippen LogP contribution in [0.1, 0.15) is 22.5 Å². The van der Waals surface area contributed by atoms with Gasteiger partial charge in [0.2, 0.25) is 0 Å². The van der Waals surface area contributed by atoms with Gasteiger partial charge in [0.25, 0.3) is 5.91 Å². The molecule has 132 valence electrons. The molecule has 0 radical (unpaired) electrons. The van der Waals surface area contributed by atoms with E-state index >= 15 is 0 Å². The fourth-order valence-corrected chi connectivity index (χ4v) is 3.38. The van der Waals surface area contributed by atoms with E-state index in [1.807, 2.05) is 29.2 Å². The highest BCUT2D eigenvalue weighted by atomic mass is 16.2. The number of nitrogens with zero attached hydrogens (tertiary/aromatic N) is 5. The third-order valence-electron chi connectivity index (χ3n) is 4.61. The molecule has 6 nitrogen and oxygen atoms in total. The molecule has 0 N–H and O–H groups in total. The molecule has 4 rings (SSSR count). The lowest BCUT2D eigenvalue weighted by Crippen LogP contribution is -2.31. The van der Waals surface area contributed by atoms with Gasteiger partial charge >= 0.3 is 0 Å². The summed E-state index contributed by atoms with van der Waals surface area (Å²) in [5, 5.41) is 7.88. The summed E-state index contributed by atoms with van der Waals surface area (Å²) in [6.45, 7) is 2.39. The summed E-state index contributed by atoms with van der Waals surface area (Å²) in [6, 6.07) is 18.5. The Balaban J connectivity index is 1.67. The summed E-state index contributed by atoms with van der Waals surface area (Å²) >= 11 is 0. The number of aromatic nitrogens is 3. The molecule has 0 atom stereocenters. The molecule has 26 heavy (non-hydrogen) atoms. The predicted octanol–water partition coefficient (Wildman–Crippen LogP) is 2.87. The van der Waals surface area contributed by atoms with Gasteiger partial charge in [0.1, 0.15) is 0 Å². The highest BCUT2D eigenvalue weighted by Crippen LogP contribution is 2.33. The molecule has 1 aliphatic heterocycles. The molecule has 0 bridgehead atoms. The van der Waals surface area contributed by atoms with E-state index in [1.165, 1.54) is 5.56 Å². The van der Waals surface area contributed by atoms with E-state index < -0.39 is 0 Å². The molecule has 0 saturated heterocycles. The Morgan fingerprint density at radius 1 is 1.00 bits per heavy atom. The summed E-state index contributed by atoms with van der Waals surface area (Å²) in [7, 11) is 1.77. The maximum absolute atomic E-state index is 13.0. The molecule has 1 aliphatic rings. The van der Waals surface area contributed by atoms with Crippen LogP contribution in [-0.4, -0.2) is 34.0 Å². The van der Waals surface area contributed by atoms with Crippen molar-refractivity contribution in [2.45, 2.75) is 13.0 Å². The van der Waals surface area contributed by atoms with Crippen molar-refractivity contribution in [2.24, 2.45) is 7.05 Å². The van der Waals surface area contributed by atoms with Gasteiger partial charge in [-0.25, -0.2) is 0 Å². The highest BCUT2D eigenvalue weighted by Gasteiger charge is 2.26. The van der Waals surface area contributed by atoms with Gasteiger partial charge in [-0.1, -0.05) is 47.7 Å². The van der Waals surface area contributed by atoms with E-state index in [0.29, 0.717) is 12.2 Å². The molecular formula is C20H21N5O. The van der Waals surface area contributed by atoms with Gasteiger partial charge in [-0.15, -0.1) is 5.10 Å². The van der Waals surface area contributed by atoms with Crippen LogP contribution in [0.5, 0.6) is 0 Å². The summed E-state index contributed by atoms with van der Waals surface area (Å²) < 4.78 is 1.55. The number of amides is 1. The van der Waals surface area contributed by atoms with Gasteiger partial charge in [0, 0.05) is 26.7 Å². The van der Waals surface area contributed by atoms with E-state index in [9.17, 15) is 4.79 Å². The van der Waals surface area contributed by atoms with Gasteiger partial charge in [0.15, 0.2) is 5.69 Å². The van der Waals surface area contributed by atoms with Crippen LogP contribution < -0.4 is 9.80 Å². The number of para-hydroxylation sites is 2. The average molecular weight is 347 g/mol. The molecular weight excluding hydrogens is 326 g/mol. The summed E-state index contributed by atoms with van der Waals surface area (Å²) in [4.78, 5) is 17.2. The zero-order chi connectivity index (χ0) is 17.9. The lowest BCUT2D eigenvalue weighted by molar-refractivity contribution is 0.0982. The second-order valence-electron chi connectivity index (χ2n) is 6.48. The molecule has 2 heterocycles. The summed E-state index contributed by atoms with van der Waals surface area (Å²) in [5.41, 5.74) is 3.64. The zero-order valence-electron chi connectivity index (χ0n) is 14.7. The molecule has 0 unspecified atom stereocenters. The molecule has 2 aromatic carbocycles. The van der Waals surface area contributed by atoms with Gasteiger partial charge in [-0.05, 0) is 24.1 Å². The van der Waals surface area contributed by atoms with Crippen LogP contribution >= 0.6 is 0 Å². The number of hydrogen-bond donors (Lipinski definition) is 0. The van der Waals surface area contributed by atoms with Crippen LogP contribution in [0.4, 0.5) is 11.4 Å². The average Bonchev–Trinajstić information content (AvgIpc) is 3.03. The fraction of sp³-hybridized carbons (Fsp3) is 0.250. The number of hydrogen-bond acceptors (Lipinski definition) is 4. The van der Waals surface area contributed by atoms with Crippen molar-refractivity contribution >= 4 is 17.3 Å². The van der Waals surface area contributed by atoms with E-state index in [4.69, 9.17) is 0 Å². The maximum Gasteiger partial charge on any atom is 0.280 e. The minimum Gasteiger partial charge on any atom is -0.365 e. The first-order valence-corrected chi connectivity index (χ1v) is 8.78. The number of carbonyl (C=O) groups excluding carboxylic acids is 1. The quantitative estimate of drug-likeness (QED) is 0.731. The van der Waals surface area contributed by atoms with Crippen molar-refractivity contribution in [3.63, 3.8) is 0 Å². The molecule has 1 aromatic heterocycles. The van der Waals surface area contributed by atoms with Gasteiger partial charge < -0.3 is 9.80 Å². The first kappa shape index (κ1) is 16.3. The summed E-state index contributed by atoms with van der Waals surface area (Å²) in [5.74, 6) is -0.105. The number of anilines is 2. The van der Waals surface area contributed by atoms with E-state index in [2.05, 4.69) is 45.5 Å². The molecule has 6 heteroatoms. The second-order valence-corrected chi connectivity index (χ2v) is 6.48. The lowest BCUT2D eigenvalue weighted by atomic mass is 10.1. The van der Waals surface area contributed by atoms with Crippen LogP contribution in [-0.2, 0) is 13.6 Å². The smallest absolute Gasteiger partial charge is 0.280 e. The largest absolute Gasteiger partial charge is 0.365 e. The minimum absolute atomic E-state index is 0.105. The van der Waals surface area contributed by atoms with Crippen molar-refractivity contribution < 1.29 is 4.79 Å². The molecule has 0 spiro atoms. The third kappa shape index (κ3) is 3.18. The number of benzene rings is 2. The molecule has 0 fully saturated rings. The van der Waals surface area contributed by atoms with E-state index in [1.54, 1.807) is 17.9 Å². The first-order valence-electron chi connectivity index (χ1n) is 8.78. The molecule has 0 aliphatic carbocycles. The number of aryl methyl sites for hydroxylation is 1. The second kappa shape index (κ2) is 7.00. The van der Waals surface area contributed by atoms with Gasteiger partial charge in [0.05, 0.1) is 17.6 Å². The maximum atomic E-state index is 13.0. The van der Waals surface area contributed by atoms with Crippen LogP contribution in [0.3, 0.4) is 0 Å². The van der Waals surface area contributed by atoms with Crippen molar-refractivity contribution in [3.05, 3.63) is 72.1 Å². The Morgan fingerprint density at radius 2 is 1.73 bits per heavy atom. The van der Waals surface area contributed by atoms with Gasteiger partial charge in [-0.2, -0.15) is 0 Å². The normalized spacial score (nSPS) is 14.0. The standard InChI is InChI=1S/C20H21N5O/c1-23-15-17(21-22-23)20(26)25-13-7-12-24(14-16-8-3-2-4-9-16)18-10-5-6-11-19(18)25/h2-6,8-11,15H,7,12-14H2,1H3. The Kier molecular flexibility index (Phi) is 4.39. The fourth-order valence-electron chi connectivity index (χ4n) is 3.38. The number of carbonyl (C=O) groups is 1. The Labute approximate surface area is 152 Å². The molecule has 3 aromatic rings.